The summed E-state index contributed by atoms with van der Waals surface area (Å²) in [5, 5.41) is 10.9. The van der Waals surface area contributed by atoms with Gasteiger partial charge in [0.15, 0.2) is 5.82 Å². The Balaban J connectivity index is 1.73. The molecule has 1 fully saturated rings. The molecular weight excluding hydrogens is 252 g/mol. The number of nitrogens with zero attached hydrogens (tertiary/aromatic N) is 2. The van der Waals surface area contributed by atoms with E-state index >= 15 is 0 Å². The number of hydrogen-bond donors (Lipinski definition) is 2. The zero-order valence-electron chi connectivity index (χ0n) is 11.7. The SMILES string of the molecule is COc1ccccc1Cc1nc(C2CCCCN2)n[nH]1. The lowest BCUT2D eigenvalue weighted by atomic mass is 10.0. The molecule has 1 aromatic carbocycles. The summed E-state index contributed by atoms with van der Waals surface area (Å²) in [6.45, 7) is 1.06. The highest BCUT2D eigenvalue weighted by atomic mass is 16.5. The third-order valence-electron chi connectivity index (χ3n) is 3.72. The van der Waals surface area contributed by atoms with Gasteiger partial charge in [-0.1, -0.05) is 24.6 Å². The van der Waals surface area contributed by atoms with Crippen LogP contribution in [0.1, 0.15) is 42.5 Å². The second-order valence-electron chi connectivity index (χ2n) is 5.13. The van der Waals surface area contributed by atoms with Crippen molar-refractivity contribution in [2.75, 3.05) is 13.7 Å². The number of piperidine rings is 1. The lowest BCUT2D eigenvalue weighted by Crippen LogP contribution is -2.27. The van der Waals surface area contributed by atoms with Crippen LogP contribution < -0.4 is 10.1 Å². The fraction of sp³-hybridized carbons (Fsp3) is 0.467. The number of benzene rings is 1. The van der Waals surface area contributed by atoms with Crippen LogP contribution >= 0.6 is 0 Å². The van der Waals surface area contributed by atoms with Crippen molar-refractivity contribution in [3.8, 4) is 5.75 Å². The van der Waals surface area contributed by atoms with Crippen LogP contribution in [0, 0.1) is 0 Å². The van der Waals surface area contributed by atoms with Gasteiger partial charge in [0.25, 0.3) is 0 Å². The fourth-order valence-corrected chi connectivity index (χ4v) is 2.65. The van der Waals surface area contributed by atoms with E-state index < -0.39 is 0 Å². The molecule has 2 aromatic rings. The minimum absolute atomic E-state index is 0.298. The monoisotopic (exact) mass is 272 g/mol. The molecule has 2 N–H and O–H groups in total. The molecule has 5 heteroatoms. The maximum atomic E-state index is 5.37. The molecule has 1 aromatic heterocycles. The smallest absolute Gasteiger partial charge is 0.167 e. The Hall–Kier alpha value is -1.88. The molecule has 1 atom stereocenters. The number of para-hydroxylation sites is 1. The van der Waals surface area contributed by atoms with E-state index in [1.54, 1.807) is 7.11 Å². The normalized spacial score (nSPS) is 18.9. The summed E-state index contributed by atoms with van der Waals surface area (Å²) in [7, 11) is 1.69. The molecule has 1 aliphatic heterocycles. The van der Waals surface area contributed by atoms with Gasteiger partial charge < -0.3 is 10.1 Å². The van der Waals surface area contributed by atoms with Gasteiger partial charge in [-0.2, -0.15) is 5.10 Å². The van der Waals surface area contributed by atoms with E-state index in [0.717, 1.165) is 35.9 Å². The summed E-state index contributed by atoms with van der Waals surface area (Å²) < 4.78 is 5.37. The summed E-state index contributed by atoms with van der Waals surface area (Å²) in [6, 6.07) is 8.30. The zero-order valence-corrected chi connectivity index (χ0v) is 11.7. The summed E-state index contributed by atoms with van der Waals surface area (Å²) >= 11 is 0. The van der Waals surface area contributed by atoms with Gasteiger partial charge in [-0.15, -0.1) is 0 Å². The number of aromatic amines is 1. The quantitative estimate of drug-likeness (QED) is 0.896. The van der Waals surface area contributed by atoms with E-state index in [1.807, 2.05) is 18.2 Å². The summed E-state index contributed by atoms with van der Waals surface area (Å²) in [5.41, 5.74) is 1.12. The lowest BCUT2D eigenvalue weighted by Gasteiger charge is -2.20. The molecule has 0 radical (unpaired) electrons. The van der Waals surface area contributed by atoms with Crippen molar-refractivity contribution in [3.63, 3.8) is 0 Å². The summed E-state index contributed by atoms with van der Waals surface area (Å²) in [4.78, 5) is 4.62. The third-order valence-corrected chi connectivity index (χ3v) is 3.72. The van der Waals surface area contributed by atoms with Crippen molar-refractivity contribution in [1.82, 2.24) is 20.5 Å². The molecule has 0 aliphatic carbocycles. The predicted octanol–water partition coefficient (Wildman–Crippen LogP) is 2.22. The van der Waals surface area contributed by atoms with Gasteiger partial charge in [0, 0.05) is 12.0 Å². The molecule has 20 heavy (non-hydrogen) atoms. The van der Waals surface area contributed by atoms with E-state index in [-0.39, 0.29) is 0 Å². The van der Waals surface area contributed by atoms with Gasteiger partial charge in [-0.3, -0.25) is 5.10 Å². The Labute approximate surface area is 118 Å². The molecule has 5 nitrogen and oxygen atoms in total. The first-order valence-electron chi connectivity index (χ1n) is 7.13. The molecule has 0 saturated carbocycles. The maximum Gasteiger partial charge on any atom is 0.167 e. The number of methoxy groups -OCH3 is 1. The molecule has 3 rings (SSSR count). The van der Waals surface area contributed by atoms with E-state index in [4.69, 9.17) is 4.74 Å². The molecule has 106 valence electrons. The number of rotatable bonds is 4. The second-order valence-corrected chi connectivity index (χ2v) is 5.13. The minimum Gasteiger partial charge on any atom is -0.496 e. The molecule has 1 unspecified atom stereocenters. The molecular formula is C15H20N4O. The predicted molar refractivity (Wildman–Crippen MR) is 76.8 cm³/mol. The minimum atomic E-state index is 0.298. The van der Waals surface area contributed by atoms with Gasteiger partial charge in [-0.25, -0.2) is 4.98 Å². The molecule has 0 amide bonds. The highest BCUT2D eigenvalue weighted by Gasteiger charge is 2.19. The highest BCUT2D eigenvalue weighted by molar-refractivity contribution is 5.35. The number of H-pyrrole nitrogens is 1. The zero-order chi connectivity index (χ0) is 13.8. The number of hydrogen-bond acceptors (Lipinski definition) is 4. The van der Waals surface area contributed by atoms with Gasteiger partial charge in [-0.05, 0) is 25.5 Å². The maximum absolute atomic E-state index is 5.37. The molecule has 0 bridgehead atoms. The summed E-state index contributed by atoms with van der Waals surface area (Å²) in [5.74, 6) is 2.66. The average molecular weight is 272 g/mol. The highest BCUT2D eigenvalue weighted by Crippen LogP contribution is 2.22. The van der Waals surface area contributed by atoms with Crippen molar-refractivity contribution in [1.29, 1.82) is 0 Å². The fourth-order valence-electron chi connectivity index (χ4n) is 2.65. The van der Waals surface area contributed by atoms with E-state index in [2.05, 4.69) is 26.6 Å². The van der Waals surface area contributed by atoms with Crippen molar-refractivity contribution in [3.05, 3.63) is 41.5 Å². The van der Waals surface area contributed by atoms with Crippen LogP contribution in [0.4, 0.5) is 0 Å². The van der Waals surface area contributed by atoms with E-state index in [1.165, 1.54) is 12.8 Å². The molecule has 1 saturated heterocycles. The first-order chi connectivity index (χ1) is 9.86. The van der Waals surface area contributed by atoms with Gasteiger partial charge in [0.2, 0.25) is 0 Å². The topological polar surface area (TPSA) is 62.8 Å². The first-order valence-corrected chi connectivity index (χ1v) is 7.13. The Morgan fingerprint density at radius 3 is 3.00 bits per heavy atom. The number of ether oxygens (including phenoxy) is 1. The lowest BCUT2D eigenvalue weighted by molar-refractivity contribution is 0.398. The van der Waals surface area contributed by atoms with Crippen LogP contribution in [-0.2, 0) is 6.42 Å². The second kappa shape index (κ2) is 6.05. The van der Waals surface area contributed by atoms with Gasteiger partial charge in [0.1, 0.15) is 11.6 Å². The van der Waals surface area contributed by atoms with Crippen molar-refractivity contribution in [2.24, 2.45) is 0 Å². The number of aromatic nitrogens is 3. The number of nitrogens with one attached hydrogen (secondary N) is 2. The Morgan fingerprint density at radius 1 is 1.30 bits per heavy atom. The largest absolute Gasteiger partial charge is 0.496 e. The average Bonchev–Trinajstić information content (AvgIpc) is 2.97. The summed E-state index contributed by atoms with van der Waals surface area (Å²) in [6.07, 6.45) is 4.32. The Kier molecular flexibility index (Phi) is 3.97. The first kappa shape index (κ1) is 13.1. The van der Waals surface area contributed by atoms with Crippen LogP contribution in [0.3, 0.4) is 0 Å². The van der Waals surface area contributed by atoms with Crippen LogP contribution in [0.25, 0.3) is 0 Å². The van der Waals surface area contributed by atoms with Crippen LogP contribution in [0.5, 0.6) is 5.75 Å². The molecule has 1 aliphatic rings. The van der Waals surface area contributed by atoms with E-state index in [9.17, 15) is 0 Å². The molecule has 2 heterocycles. The van der Waals surface area contributed by atoms with Crippen molar-refractivity contribution in [2.45, 2.75) is 31.7 Å². The van der Waals surface area contributed by atoms with Crippen molar-refractivity contribution < 1.29 is 4.74 Å². The third kappa shape index (κ3) is 2.82. The van der Waals surface area contributed by atoms with E-state index in [0.29, 0.717) is 12.5 Å². The Bertz CT molecular complexity index is 561. The van der Waals surface area contributed by atoms with Crippen LogP contribution in [-0.4, -0.2) is 28.8 Å². The molecule has 0 spiro atoms. The standard InChI is InChI=1S/C15H20N4O/c1-20-13-8-3-2-6-11(13)10-14-17-15(19-18-14)12-7-4-5-9-16-12/h2-3,6,8,12,16H,4-5,7,9-10H2,1H3,(H,17,18,19). The van der Waals surface area contributed by atoms with Crippen LogP contribution in [0.2, 0.25) is 0 Å². The van der Waals surface area contributed by atoms with Crippen molar-refractivity contribution >= 4 is 0 Å². The Morgan fingerprint density at radius 2 is 2.20 bits per heavy atom. The van der Waals surface area contributed by atoms with Crippen LogP contribution in [0.15, 0.2) is 24.3 Å². The van der Waals surface area contributed by atoms with Gasteiger partial charge in [0.05, 0.1) is 13.2 Å². The van der Waals surface area contributed by atoms with Gasteiger partial charge >= 0.3 is 0 Å².